The monoisotopic (exact) mass is 457 g/mol. The van der Waals surface area contributed by atoms with Crippen LogP contribution >= 0.6 is 11.3 Å². The minimum Gasteiger partial charge on any atom is -0.497 e. The third-order valence-corrected chi connectivity index (χ3v) is 8.19. The van der Waals surface area contributed by atoms with Crippen LogP contribution in [0.15, 0.2) is 63.7 Å². The zero-order chi connectivity index (χ0) is 22.0. The van der Waals surface area contributed by atoms with Gasteiger partial charge < -0.3 is 14.8 Å². The Bertz CT molecular complexity index is 1200. The molecule has 1 amide bonds. The Balaban J connectivity index is 1.73. The minimum atomic E-state index is -3.80. The van der Waals surface area contributed by atoms with E-state index >= 15 is 0 Å². The molecule has 0 spiro atoms. The second-order valence-electron chi connectivity index (χ2n) is 7.24. The molecule has 0 saturated carbocycles. The molecule has 3 aromatic rings. The molecule has 2 heterocycles. The average molecular weight is 458 g/mol. The lowest BCUT2D eigenvalue weighted by atomic mass is 9.90. The quantitative estimate of drug-likeness (QED) is 0.548. The molecule has 1 aliphatic rings. The average Bonchev–Trinajstić information content (AvgIpc) is 3.22. The van der Waals surface area contributed by atoms with E-state index in [1.807, 2.05) is 31.2 Å². The van der Waals surface area contributed by atoms with Crippen molar-refractivity contribution in [2.24, 2.45) is 0 Å². The molecule has 1 aliphatic heterocycles. The van der Waals surface area contributed by atoms with Crippen LogP contribution in [0.4, 0.5) is 5.69 Å². The van der Waals surface area contributed by atoms with Gasteiger partial charge in [0.2, 0.25) is 15.7 Å². The number of thiophene rings is 1. The molecule has 0 saturated heterocycles. The van der Waals surface area contributed by atoms with Crippen LogP contribution in [0.25, 0.3) is 0 Å². The number of methoxy groups -OCH3 is 1. The number of anilines is 1. The van der Waals surface area contributed by atoms with Crippen molar-refractivity contribution in [1.82, 2.24) is 0 Å². The zero-order valence-corrected chi connectivity index (χ0v) is 18.9. The van der Waals surface area contributed by atoms with E-state index < -0.39 is 9.84 Å². The van der Waals surface area contributed by atoms with Crippen LogP contribution in [0.1, 0.15) is 36.1 Å². The molecule has 31 heavy (non-hydrogen) atoms. The maximum absolute atomic E-state index is 13.3. The molecule has 1 atom stereocenters. The third kappa shape index (κ3) is 4.18. The highest BCUT2D eigenvalue weighted by Crippen LogP contribution is 2.46. The van der Waals surface area contributed by atoms with Gasteiger partial charge in [0.15, 0.2) is 0 Å². The maximum atomic E-state index is 13.3. The van der Waals surface area contributed by atoms with Crippen molar-refractivity contribution in [3.8, 4) is 11.5 Å². The van der Waals surface area contributed by atoms with Gasteiger partial charge >= 0.3 is 0 Å². The fourth-order valence-corrected chi connectivity index (χ4v) is 6.50. The predicted molar refractivity (Wildman–Crippen MR) is 120 cm³/mol. The summed E-state index contributed by atoms with van der Waals surface area (Å²) >= 11 is 1.35. The zero-order valence-electron chi connectivity index (χ0n) is 17.3. The van der Waals surface area contributed by atoms with E-state index in [4.69, 9.17) is 9.47 Å². The predicted octanol–water partition coefficient (Wildman–Crippen LogP) is 4.85. The molecule has 1 N–H and O–H groups in total. The van der Waals surface area contributed by atoms with Gasteiger partial charge in [-0.05, 0) is 48.4 Å². The summed E-state index contributed by atoms with van der Waals surface area (Å²) in [6.45, 7) is 2.65. The molecule has 1 unspecified atom stereocenters. The van der Waals surface area contributed by atoms with Crippen molar-refractivity contribution < 1.29 is 22.7 Å². The molecule has 4 rings (SSSR count). The lowest BCUT2D eigenvalue weighted by Crippen LogP contribution is -2.23. The highest BCUT2D eigenvalue weighted by Gasteiger charge is 2.34. The Hall–Kier alpha value is -2.84. The van der Waals surface area contributed by atoms with Crippen molar-refractivity contribution in [2.45, 2.75) is 35.5 Å². The van der Waals surface area contributed by atoms with Crippen LogP contribution in [0.3, 0.4) is 0 Å². The van der Waals surface area contributed by atoms with E-state index in [9.17, 15) is 13.2 Å². The van der Waals surface area contributed by atoms with Gasteiger partial charge in [-0.1, -0.05) is 19.1 Å². The van der Waals surface area contributed by atoms with Gasteiger partial charge in [-0.3, -0.25) is 4.79 Å². The second kappa shape index (κ2) is 8.72. The first-order valence-corrected chi connectivity index (χ1v) is 12.3. The number of ether oxygens (including phenoxy) is 2. The number of amides is 1. The van der Waals surface area contributed by atoms with Crippen LogP contribution in [-0.2, 0) is 14.6 Å². The molecule has 2 aromatic carbocycles. The normalized spacial score (nSPS) is 15.8. The van der Waals surface area contributed by atoms with Crippen molar-refractivity contribution in [1.29, 1.82) is 0 Å². The summed E-state index contributed by atoms with van der Waals surface area (Å²) < 4.78 is 37.4. The molecular weight excluding hydrogens is 434 g/mol. The number of benzene rings is 2. The maximum Gasteiger partial charge on any atom is 0.225 e. The molecule has 0 aliphatic carbocycles. The SMILES string of the molecule is CCCOc1cccc(C2CC(=O)Nc3c(S(=O)(=O)c4ccc(OC)cc4)csc32)c1. The molecule has 0 bridgehead atoms. The van der Waals surface area contributed by atoms with Crippen LogP contribution < -0.4 is 14.8 Å². The number of sulfone groups is 1. The Morgan fingerprint density at radius 2 is 1.90 bits per heavy atom. The van der Waals surface area contributed by atoms with Gasteiger partial charge in [-0.15, -0.1) is 11.3 Å². The highest BCUT2D eigenvalue weighted by molar-refractivity contribution is 7.91. The number of hydrogen-bond donors (Lipinski definition) is 1. The number of nitrogens with one attached hydrogen (secondary N) is 1. The summed E-state index contributed by atoms with van der Waals surface area (Å²) in [5.74, 6) is 0.889. The molecule has 8 heteroatoms. The first-order chi connectivity index (χ1) is 14.9. The van der Waals surface area contributed by atoms with Gasteiger partial charge in [0.05, 0.1) is 24.3 Å². The van der Waals surface area contributed by atoms with E-state index in [0.29, 0.717) is 18.0 Å². The summed E-state index contributed by atoms with van der Waals surface area (Å²) in [6.07, 6.45) is 1.16. The summed E-state index contributed by atoms with van der Waals surface area (Å²) in [5, 5.41) is 4.40. The first-order valence-electron chi connectivity index (χ1n) is 9.97. The van der Waals surface area contributed by atoms with Crippen LogP contribution in [0.2, 0.25) is 0 Å². The Labute approximate surface area is 185 Å². The summed E-state index contributed by atoms with van der Waals surface area (Å²) in [4.78, 5) is 13.6. The van der Waals surface area contributed by atoms with E-state index in [-0.39, 0.29) is 28.0 Å². The minimum absolute atomic E-state index is 0.120. The van der Waals surface area contributed by atoms with Gasteiger partial charge in [0, 0.05) is 22.6 Å². The number of hydrogen-bond acceptors (Lipinski definition) is 6. The second-order valence-corrected chi connectivity index (χ2v) is 10.1. The molecule has 1 aromatic heterocycles. The number of fused-ring (bicyclic) bond motifs is 1. The summed E-state index contributed by atoms with van der Waals surface area (Å²) in [6, 6.07) is 13.9. The fourth-order valence-electron chi connectivity index (χ4n) is 3.59. The summed E-state index contributed by atoms with van der Waals surface area (Å²) in [5.41, 5.74) is 1.31. The lowest BCUT2D eigenvalue weighted by molar-refractivity contribution is -0.116. The molecule has 0 radical (unpaired) electrons. The van der Waals surface area contributed by atoms with Crippen molar-refractivity contribution >= 4 is 32.8 Å². The Morgan fingerprint density at radius 1 is 1.13 bits per heavy atom. The van der Waals surface area contributed by atoms with Gasteiger partial charge in [-0.2, -0.15) is 0 Å². The molecule has 162 valence electrons. The molecule has 6 nitrogen and oxygen atoms in total. The number of carbonyl (C=O) groups excluding carboxylic acids is 1. The first kappa shape index (κ1) is 21.4. The number of rotatable bonds is 7. The van der Waals surface area contributed by atoms with Crippen LogP contribution in [0.5, 0.6) is 11.5 Å². The van der Waals surface area contributed by atoms with Gasteiger partial charge in [0.1, 0.15) is 16.4 Å². The molecular formula is C23H23NO5S2. The van der Waals surface area contributed by atoms with E-state index in [0.717, 1.165) is 22.6 Å². The number of carbonyl (C=O) groups is 1. The van der Waals surface area contributed by atoms with Crippen molar-refractivity contribution in [3.63, 3.8) is 0 Å². The topological polar surface area (TPSA) is 81.7 Å². The Kier molecular flexibility index (Phi) is 6.02. The largest absolute Gasteiger partial charge is 0.497 e. The van der Waals surface area contributed by atoms with Gasteiger partial charge in [0.25, 0.3) is 0 Å². The summed E-state index contributed by atoms with van der Waals surface area (Å²) in [7, 11) is -2.27. The van der Waals surface area contributed by atoms with Crippen molar-refractivity contribution in [2.75, 3.05) is 19.0 Å². The van der Waals surface area contributed by atoms with Gasteiger partial charge in [-0.25, -0.2) is 8.42 Å². The third-order valence-electron chi connectivity index (χ3n) is 5.15. The van der Waals surface area contributed by atoms with E-state index in [2.05, 4.69) is 5.32 Å². The standard InChI is InChI=1S/C23H23NO5S2/c1-3-11-29-17-6-4-5-15(12-17)19-13-21(25)24-22-20(14-30-23(19)22)31(26,27)18-9-7-16(28-2)8-10-18/h4-10,12,14,19H,3,11,13H2,1-2H3,(H,24,25). The fraction of sp³-hybridized carbons (Fsp3) is 0.261. The Morgan fingerprint density at radius 3 is 2.61 bits per heavy atom. The van der Waals surface area contributed by atoms with Crippen LogP contribution in [-0.4, -0.2) is 28.0 Å². The lowest BCUT2D eigenvalue weighted by Gasteiger charge is -2.24. The smallest absolute Gasteiger partial charge is 0.225 e. The van der Waals surface area contributed by atoms with Crippen LogP contribution in [0, 0.1) is 0 Å². The van der Waals surface area contributed by atoms with E-state index in [1.165, 1.54) is 30.6 Å². The van der Waals surface area contributed by atoms with E-state index in [1.54, 1.807) is 17.5 Å². The van der Waals surface area contributed by atoms with Crippen molar-refractivity contribution in [3.05, 3.63) is 64.4 Å². The molecule has 0 fully saturated rings. The highest BCUT2D eigenvalue weighted by atomic mass is 32.2.